The molecule has 2 saturated heterocycles. The molecule has 1 aromatic carbocycles. The van der Waals surface area contributed by atoms with Gasteiger partial charge in [0.2, 0.25) is 0 Å². The fourth-order valence-electron chi connectivity index (χ4n) is 3.80. The summed E-state index contributed by atoms with van der Waals surface area (Å²) in [6.07, 6.45) is 2.19. The van der Waals surface area contributed by atoms with E-state index in [4.69, 9.17) is 9.47 Å². The Bertz CT molecular complexity index is 574. The van der Waals surface area contributed by atoms with E-state index in [-0.39, 0.29) is 5.91 Å². The maximum atomic E-state index is 13.0. The number of amides is 1. The molecular formula is C18H26N2O3. The number of ether oxygens (including phenoxy) is 2. The molecule has 126 valence electrons. The van der Waals surface area contributed by atoms with E-state index >= 15 is 0 Å². The molecule has 3 rings (SSSR count). The van der Waals surface area contributed by atoms with Crippen LogP contribution in [0.15, 0.2) is 12.1 Å². The molecule has 0 aliphatic carbocycles. The summed E-state index contributed by atoms with van der Waals surface area (Å²) in [6.45, 7) is 5.83. The lowest BCUT2D eigenvalue weighted by molar-refractivity contribution is 0.0757. The van der Waals surface area contributed by atoms with Crippen LogP contribution in [-0.2, 0) is 0 Å². The van der Waals surface area contributed by atoms with Gasteiger partial charge in [0.05, 0.1) is 14.2 Å². The smallest absolute Gasteiger partial charge is 0.254 e. The van der Waals surface area contributed by atoms with Crippen LogP contribution in [0.3, 0.4) is 0 Å². The van der Waals surface area contributed by atoms with Crippen molar-refractivity contribution >= 4 is 5.91 Å². The van der Waals surface area contributed by atoms with Crippen molar-refractivity contribution in [2.24, 2.45) is 11.8 Å². The van der Waals surface area contributed by atoms with Gasteiger partial charge in [-0.05, 0) is 62.4 Å². The SMILES string of the molecule is COc1cc(C)c(C(=O)N2CC[C@@H]3CNC[C@@H]3CC2)cc1OC. The van der Waals surface area contributed by atoms with Gasteiger partial charge in [0.25, 0.3) is 5.91 Å². The van der Waals surface area contributed by atoms with Crippen molar-refractivity contribution in [3.05, 3.63) is 23.3 Å². The van der Waals surface area contributed by atoms with Gasteiger partial charge < -0.3 is 19.7 Å². The van der Waals surface area contributed by atoms with Gasteiger partial charge in [0, 0.05) is 18.7 Å². The number of carbonyl (C=O) groups excluding carboxylic acids is 1. The third kappa shape index (κ3) is 3.15. The highest BCUT2D eigenvalue weighted by molar-refractivity contribution is 5.96. The molecule has 5 heteroatoms. The van der Waals surface area contributed by atoms with E-state index in [1.165, 1.54) is 0 Å². The van der Waals surface area contributed by atoms with E-state index in [0.717, 1.165) is 56.4 Å². The van der Waals surface area contributed by atoms with E-state index < -0.39 is 0 Å². The molecule has 2 heterocycles. The monoisotopic (exact) mass is 318 g/mol. The fourth-order valence-corrected chi connectivity index (χ4v) is 3.80. The topological polar surface area (TPSA) is 50.8 Å². The summed E-state index contributed by atoms with van der Waals surface area (Å²) in [5.74, 6) is 2.82. The Kier molecular flexibility index (Phi) is 4.76. The van der Waals surface area contributed by atoms with Crippen LogP contribution in [-0.4, -0.2) is 51.2 Å². The van der Waals surface area contributed by atoms with Crippen LogP contribution in [0.5, 0.6) is 11.5 Å². The highest BCUT2D eigenvalue weighted by Gasteiger charge is 2.32. The maximum Gasteiger partial charge on any atom is 0.254 e. The van der Waals surface area contributed by atoms with E-state index in [1.807, 2.05) is 24.0 Å². The molecule has 1 aromatic rings. The van der Waals surface area contributed by atoms with Crippen molar-refractivity contribution < 1.29 is 14.3 Å². The van der Waals surface area contributed by atoms with Crippen LogP contribution < -0.4 is 14.8 Å². The van der Waals surface area contributed by atoms with E-state index in [0.29, 0.717) is 17.1 Å². The Labute approximate surface area is 137 Å². The van der Waals surface area contributed by atoms with Gasteiger partial charge in [-0.15, -0.1) is 0 Å². The first-order chi connectivity index (χ1) is 11.1. The summed E-state index contributed by atoms with van der Waals surface area (Å²) in [7, 11) is 3.21. The molecule has 2 aliphatic heterocycles. The molecule has 0 unspecified atom stereocenters. The molecule has 0 spiro atoms. The van der Waals surface area contributed by atoms with Crippen molar-refractivity contribution in [3.8, 4) is 11.5 Å². The molecule has 2 fully saturated rings. The van der Waals surface area contributed by atoms with Gasteiger partial charge in [-0.2, -0.15) is 0 Å². The number of hydrogen-bond acceptors (Lipinski definition) is 4. The second-order valence-corrected chi connectivity index (χ2v) is 6.57. The number of methoxy groups -OCH3 is 2. The first kappa shape index (κ1) is 16.1. The fraction of sp³-hybridized carbons (Fsp3) is 0.611. The summed E-state index contributed by atoms with van der Waals surface area (Å²) in [5, 5.41) is 3.47. The molecule has 2 atom stereocenters. The summed E-state index contributed by atoms with van der Waals surface area (Å²) in [5.41, 5.74) is 1.64. The number of carbonyl (C=O) groups is 1. The summed E-state index contributed by atoms with van der Waals surface area (Å²) >= 11 is 0. The molecular weight excluding hydrogens is 292 g/mol. The quantitative estimate of drug-likeness (QED) is 0.927. The second-order valence-electron chi connectivity index (χ2n) is 6.57. The third-order valence-electron chi connectivity index (χ3n) is 5.27. The van der Waals surface area contributed by atoms with Crippen molar-refractivity contribution in [2.75, 3.05) is 40.4 Å². The average Bonchev–Trinajstić information content (AvgIpc) is 2.92. The average molecular weight is 318 g/mol. The predicted octanol–water partition coefficient (Wildman–Crippen LogP) is 2.08. The number of likely N-dealkylation sites (tertiary alicyclic amines) is 1. The third-order valence-corrected chi connectivity index (χ3v) is 5.27. The molecule has 5 nitrogen and oxygen atoms in total. The van der Waals surface area contributed by atoms with Crippen molar-refractivity contribution in [1.29, 1.82) is 0 Å². The summed E-state index contributed by atoms with van der Waals surface area (Å²) in [4.78, 5) is 15.0. The number of nitrogens with zero attached hydrogens (tertiary/aromatic N) is 1. The van der Waals surface area contributed by atoms with Crippen LogP contribution in [0, 0.1) is 18.8 Å². The molecule has 1 N–H and O–H groups in total. The zero-order valence-electron chi connectivity index (χ0n) is 14.2. The summed E-state index contributed by atoms with van der Waals surface area (Å²) < 4.78 is 10.7. The lowest BCUT2D eigenvalue weighted by Crippen LogP contribution is -2.33. The van der Waals surface area contributed by atoms with E-state index in [2.05, 4.69) is 5.32 Å². The zero-order chi connectivity index (χ0) is 16.4. The lowest BCUT2D eigenvalue weighted by Gasteiger charge is -2.22. The lowest BCUT2D eigenvalue weighted by atomic mass is 9.92. The number of hydrogen-bond donors (Lipinski definition) is 1. The Balaban J connectivity index is 1.80. The zero-order valence-corrected chi connectivity index (χ0v) is 14.2. The Morgan fingerprint density at radius 2 is 1.65 bits per heavy atom. The largest absolute Gasteiger partial charge is 0.493 e. The normalized spacial score (nSPS) is 24.0. The Morgan fingerprint density at radius 1 is 1.09 bits per heavy atom. The van der Waals surface area contributed by atoms with Crippen LogP contribution in [0.1, 0.15) is 28.8 Å². The van der Waals surface area contributed by atoms with Gasteiger partial charge in [0.15, 0.2) is 11.5 Å². The number of fused-ring (bicyclic) bond motifs is 1. The van der Waals surface area contributed by atoms with Crippen molar-refractivity contribution in [2.45, 2.75) is 19.8 Å². The van der Waals surface area contributed by atoms with E-state index in [1.54, 1.807) is 14.2 Å². The Hall–Kier alpha value is -1.75. The standard InChI is InChI=1S/C18H26N2O3/c1-12-8-16(22-2)17(23-3)9-15(12)18(21)20-6-4-13-10-19-11-14(13)5-7-20/h8-9,13-14,19H,4-7,10-11H2,1-3H3/t13-,14+. The molecule has 23 heavy (non-hydrogen) atoms. The van der Waals surface area contributed by atoms with Gasteiger partial charge in [-0.3, -0.25) is 4.79 Å². The predicted molar refractivity (Wildman–Crippen MR) is 89.3 cm³/mol. The molecule has 1 amide bonds. The van der Waals surface area contributed by atoms with Crippen LogP contribution in [0.25, 0.3) is 0 Å². The van der Waals surface area contributed by atoms with Crippen LogP contribution in [0.2, 0.25) is 0 Å². The van der Waals surface area contributed by atoms with E-state index in [9.17, 15) is 4.79 Å². The molecule has 0 bridgehead atoms. The van der Waals surface area contributed by atoms with Crippen molar-refractivity contribution in [1.82, 2.24) is 10.2 Å². The minimum atomic E-state index is 0.108. The number of rotatable bonds is 3. The van der Waals surface area contributed by atoms with Crippen LogP contribution in [0.4, 0.5) is 0 Å². The number of aryl methyl sites for hydroxylation is 1. The second kappa shape index (κ2) is 6.79. The number of nitrogens with one attached hydrogen (secondary N) is 1. The molecule has 2 aliphatic rings. The Morgan fingerprint density at radius 3 is 2.22 bits per heavy atom. The first-order valence-electron chi connectivity index (χ1n) is 8.36. The van der Waals surface area contributed by atoms with Gasteiger partial charge in [-0.25, -0.2) is 0 Å². The molecule has 0 aromatic heterocycles. The van der Waals surface area contributed by atoms with Crippen LogP contribution >= 0.6 is 0 Å². The highest BCUT2D eigenvalue weighted by Crippen LogP contribution is 2.32. The summed E-state index contributed by atoms with van der Waals surface area (Å²) in [6, 6.07) is 3.69. The maximum absolute atomic E-state index is 13.0. The van der Waals surface area contributed by atoms with Crippen molar-refractivity contribution in [3.63, 3.8) is 0 Å². The van der Waals surface area contributed by atoms with Gasteiger partial charge in [-0.1, -0.05) is 0 Å². The molecule has 0 saturated carbocycles. The van der Waals surface area contributed by atoms with Gasteiger partial charge >= 0.3 is 0 Å². The van der Waals surface area contributed by atoms with Gasteiger partial charge in [0.1, 0.15) is 0 Å². The first-order valence-corrected chi connectivity index (χ1v) is 8.36. The molecule has 0 radical (unpaired) electrons. The minimum Gasteiger partial charge on any atom is -0.493 e. The highest BCUT2D eigenvalue weighted by atomic mass is 16.5. The number of benzene rings is 1. The minimum absolute atomic E-state index is 0.108.